The minimum Gasteiger partial charge on any atom is -0.489 e. The first-order valence-electron chi connectivity index (χ1n) is 13.9. The van der Waals surface area contributed by atoms with Crippen LogP contribution in [0.4, 0.5) is 0 Å². The summed E-state index contributed by atoms with van der Waals surface area (Å²) in [5.74, 6) is 0.564. The van der Waals surface area contributed by atoms with E-state index in [9.17, 15) is 4.79 Å². The predicted molar refractivity (Wildman–Crippen MR) is 168 cm³/mol. The molecule has 0 radical (unpaired) electrons. The van der Waals surface area contributed by atoms with Crippen molar-refractivity contribution in [2.24, 2.45) is 0 Å². The molecule has 6 heteroatoms. The van der Waals surface area contributed by atoms with E-state index in [1.807, 2.05) is 86.6 Å². The fourth-order valence-corrected chi connectivity index (χ4v) is 4.56. The molecule has 0 aromatic heterocycles. The lowest BCUT2D eigenvalue weighted by Crippen LogP contribution is -2.28. The minimum atomic E-state index is -0.334. The van der Waals surface area contributed by atoms with Crippen LogP contribution in [0.5, 0.6) is 5.75 Å². The highest BCUT2D eigenvalue weighted by Gasteiger charge is 2.12. The lowest BCUT2D eigenvalue weighted by molar-refractivity contribution is 0.0600. The zero-order chi connectivity index (χ0) is 29.5. The highest BCUT2D eigenvalue weighted by atomic mass is 79.9. The van der Waals surface area contributed by atoms with Crippen LogP contribution in [0.1, 0.15) is 52.0 Å². The molecular weight excluding hydrogens is 576 g/mol. The number of rotatable bonds is 12. The lowest BCUT2D eigenvalue weighted by atomic mass is 10.1. The first-order valence-corrected chi connectivity index (χ1v) is 14.7. The molecule has 4 rings (SSSR count). The summed E-state index contributed by atoms with van der Waals surface area (Å²) in [6.45, 7) is 6.96. The van der Waals surface area contributed by atoms with Gasteiger partial charge in [-0.2, -0.15) is 5.26 Å². The van der Waals surface area contributed by atoms with Crippen molar-refractivity contribution in [1.29, 1.82) is 5.26 Å². The summed E-state index contributed by atoms with van der Waals surface area (Å²) in [4.78, 5) is 14.2. The Balaban J connectivity index is 0.00000226. The standard InChI is InChI=1S/C33H31BrN2O3.C2H6/c1-38-33(37)30-14-10-27(11-15-30)23-36(20-18-25-6-8-26(22-35)9-7-25)21-19-29-4-2-3-5-32(29)39-24-28-12-16-31(34)17-13-28;1-2/h2-17H,18-21,23-24H2,1H3;1-2H3. The highest BCUT2D eigenvalue weighted by Crippen LogP contribution is 2.22. The molecule has 0 fully saturated rings. The van der Waals surface area contributed by atoms with E-state index in [4.69, 9.17) is 14.7 Å². The molecule has 0 unspecified atom stereocenters. The zero-order valence-corrected chi connectivity index (χ0v) is 25.6. The second kappa shape index (κ2) is 17.0. The van der Waals surface area contributed by atoms with Gasteiger partial charge in [-0.25, -0.2) is 4.79 Å². The van der Waals surface area contributed by atoms with Gasteiger partial charge in [-0.15, -0.1) is 0 Å². The van der Waals surface area contributed by atoms with Crippen molar-refractivity contribution in [2.75, 3.05) is 20.2 Å². The van der Waals surface area contributed by atoms with Gasteiger partial charge in [0.2, 0.25) is 0 Å². The number of ether oxygens (including phenoxy) is 2. The molecule has 0 heterocycles. The van der Waals surface area contributed by atoms with E-state index in [2.05, 4.69) is 51.2 Å². The van der Waals surface area contributed by atoms with E-state index < -0.39 is 0 Å². The third-order valence-electron chi connectivity index (χ3n) is 6.56. The van der Waals surface area contributed by atoms with Crippen molar-refractivity contribution in [3.63, 3.8) is 0 Å². The molecule has 0 atom stereocenters. The van der Waals surface area contributed by atoms with Crippen LogP contribution in [0.2, 0.25) is 0 Å². The van der Waals surface area contributed by atoms with Crippen molar-refractivity contribution in [3.8, 4) is 11.8 Å². The molecule has 0 aliphatic carbocycles. The number of carbonyl (C=O) groups is 1. The summed E-state index contributed by atoms with van der Waals surface area (Å²) in [5, 5.41) is 9.10. The van der Waals surface area contributed by atoms with Crippen molar-refractivity contribution < 1.29 is 14.3 Å². The van der Waals surface area contributed by atoms with Crippen molar-refractivity contribution in [1.82, 2.24) is 4.90 Å². The van der Waals surface area contributed by atoms with Crippen LogP contribution < -0.4 is 4.74 Å². The van der Waals surface area contributed by atoms with Crippen molar-refractivity contribution >= 4 is 21.9 Å². The monoisotopic (exact) mass is 612 g/mol. The van der Waals surface area contributed by atoms with Crippen LogP contribution in [-0.4, -0.2) is 31.1 Å². The summed E-state index contributed by atoms with van der Waals surface area (Å²) in [6, 6.07) is 33.9. The maximum Gasteiger partial charge on any atom is 0.337 e. The van der Waals surface area contributed by atoms with Gasteiger partial charge in [0.05, 0.1) is 24.3 Å². The molecule has 0 saturated heterocycles. The first-order chi connectivity index (χ1) is 20.0. The number of benzene rings is 4. The Labute approximate surface area is 252 Å². The van der Waals surface area contributed by atoms with Gasteiger partial charge in [-0.1, -0.05) is 84.4 Å². The highest BCUT2D eigenvalue weighted by molar-refractivity contribution is 9.10. The number of nitrogens with zero attached hydrogens (tertiary/aromatic N) is 2. The number of carbonyl (C=O) groups excluding carboxylic acids is 1. The fourth-order valence-electron chi connectivity index (χ4n) is 4.30. The molecular formula is C35H37BrN2O3. The molecule has 0 N–H and O–H groups in total. The van der Waals surface area contributed by atoms with Crippen molar-refractivity contribution in [2.45, 2.75) is 39.8 Å². The van der Waals surface area contributed by atoms with Crippen LogP contribution in [0.25, 0.3) is 0 Å². The molecule has 212 valence electrons. The summed E-state index contributed by atoms with van der Waals surface area (Å²) >= 11 is 3.48. The van der Waals surface area contributed by atoms with Gasteiger partial charge in [-0.3, -0.25) is 4.90 Å². The molecule has 0 aliphatic heterocycles. The number of halogens is 1. The van der Waals surface area contributed by atoms with Gasteiger partial charge >= 0.3 is 5.97 Å². The summed E-state index contributed by atoms with van der Waals surface area (Å²) in [5.41, 5.74) is 5.82. The first kappa shape index (κ1) is 31.6. The average Bonchev–Trinajstić information content (AvgIpc) is 3.03. The van der Waals surface area contributed by atoms with Crippen LogP contribution in [-0.2, 0) is 30.7 Å². The number of esters is 1. The maximum absolute atomic E-state index is 11.8. The SMILES string of the molecule is CC.COC(=O)c1ccc(CN(CCc2ccc(C#N)cc2)CCc2ccccc2OCc2ccc(Br)cc2)cc1. The Morgan fingerprint density at radius 3 is 2.07 bits per heavy atom. The number of methoxy groups -OCH3 is 1. The fraction of sp³-hybridized carbons (Fsp3) is 0.257. The molecule has 0 amide bonds. The molecule has 41 heavy (non-hydrogen) atoms. The van der Waals surface area contributed by atoms with Crippen molar-refractivity contribution in [3.05, 3.63) is 135 Å². The molecule has 0 spiro atoms. The van der Waals surface area contributed by atoms with E-state index in [1.165, 1.54) is 18.2 Å². The number of hydrogen-bond donors (Lipinski definition) is 0. The average molecular weight is 614 g/mol. The molecule has 0 aliphatic rings. The van der Waals surface area contributed by atoms with E-state index in [0.29, 0.717) is 17.7 Å². The normalized spacial score (nSPS) is 10.3. The zero-order valence-electron chi connectivity index (χ0n) is 24.0. The van der Waals surface area contributed by atoms with Crippen LogP contribution >= 0.6 is 15.9 Å². The van der Waals surface area contributed by atoms with E-state index >= 15 is 0 Å². The Morgan fingerprint density at radius 1 is 0.805 bits per heavy atom. The Hall–Kier alpha value is -3.92. The van der Waals surface area contributed by atoms with Gasteiger partial charge in [0.15, 0.2) is 0 Å². The molecule has 5 nitrogen and oxygen atoms in total. The van der Waals surface area contributed by atoms with Crippen LogP contribution in [0.15, 0.2) is 102 Å². The van der Waals surface area contributed by atoms with Gasteiger partial charge in [0.1, 0.15) is 12.4 Å². The molecule has 0 saturated carbocycles. The van der Waals surface area contributed by atoms with Gasteiger partial charge < -0.3 is 9.47 Å². The minimum absolute atomic E-state index is 0.334. The smallest absolute Gasteiger partial charge is 0.337 e. The molecule has 0 bridgehead atoms. The maximum atomic E-state index is 11.8. The second-order valence-electron chi connectivity index (χ2n) is 9.30. The third-order valence-corrected chi connectivity index (χ3v) is 7.09. The quantitative estimate of drug-likeness (QED) is 0.152. The second-order valence-corrected chi connectivity index (χ2v) is 10.2. The summed E-state index contributed by atoms with van der Waals surface area (Å²) in [6.07, 6.45) is 1.71. The van der Waals surface area contributed by atoms with E-state index in [0.717, 1.165) is 53.8 Å². The predicted octanol–water partition coefficient (Wildman–Crippen LogP) is 8.00. The Kier molecular flexibility index (Phi) is 13.1. The number of para-hydroxylation sites is 1. The lowest BCUT2D eigenvalue weighted by Gasteiger charge is -2.23. The van der Waals surface area contributed by atoms with Crippen LogP contribution in [0.3, 0.4) is 0 Å². The van der Waals surface area contributed by atoms with Crippen LogP contribution in [0, 0.1) is 11.3 Å². The Morgan fingerprint density at radius 2 is 1.41 bits per heavy atom. The van der Waals surface area contributed by atoms with Gasteiger partial charge in [0, 0.05) is 24.1 Å². The molecule has 4 aromatic carbocycles. The number of hydrogen-bond acceptors (Lipinski definition) is 5. The largest absolute Gasteiger partial charge is 0.489 e. The van der Waals surface area contributed by atoms with Gasteiger partial charge in [-0.05, 0) is 77.6 Å². The Bertz CT molecular complexity index is 1400. The third kappa shape index (κ3) is 10.2. The van der Waals surface area contributed by atoms with E-state index in [1.54, 1.807) is 0 Å². The summed E-state index contributed by atoms with van der Waals surface area (Å²) in [7, 11) is 1.39. The van der Waals surface area contributed by atoms with E-state index in [-0.39, 0.29) is 5.97 Å². The van der Waals surface area contributed by atoms with Gasteiger partial charge in [0.25, 0.3) is 0 Å². The topological polar surface area (TPSA) is 62.6 Å². The summed E-state index contributed by atoms with van der Waals surface area (Å²) < 4.78 is 12.1. The molecule has 4 aromatic rings. The number of nitriles is 1.